The van der Waals surface area contributed by atoms with Gasteiger partial charge in [-0.25, -0.2) is 9.37 Å². The van der Waals surface area contributed by atoms with Crippen LogP contribution in [0.3, 0.4) is 0 Å². The Morgan fingerprint density at radius 1 is 1.05 bits per heavy atom. The van der Waals surface area contributed by atoms with E-state index in [-0.39, 0.29) is 16.1 Å². The van der Waals surface area contributed by atoms with E-state index >= 15 is 0 Å². The highest BCUT2D eigenvalue weighted by Gasteiger charge is 2.33. The Morgan fingerprint density at radius 2 is 1.67 bits per heavy atom. The molecule has 0 saturated heterocycles. The van der Waals surface area contributed by atoms with Gasteiger partial charge in [0.2, 0.25) is 0 Å². The maximum absolute atomic E-state index is 12.9. The van der Waals surface area contributed by atoms with Gasteiger partial charge in [0.1, 0.15) is 22.8 Å². The molecule has 0 fully saturated rings. The number of aliphatic hydroxyl groups excluding tert-OH is 1. The predicted octanol–water partition coefficient (Wildman–Crippen LogP) is 4.63. The van der Waals surface area contributed by atoms with Crippen molar-refractivity contribution in [1.29, 1.82) is 0 Å². The van der Waals surface area contributed by atoms with E-state index in [1.807, 2.05) is 0 Å². The first-order valence-electron chi connectivity index (χ1n) is 5.57. The van der Waals surface area contributed by atoms with Gasteiger partial charge in [-0.15, -0.1) is 0 Å². The molecule has 112 valence electrons. The lowest BCUT2D eigenvalue weighted by atomic mass is 10.0. The summed E-state index contributed by atoms with van der Waals surface area (Å²) in [6.45, 7) is 0. The topological polar surface area (TPSA) is 33.1 Å². The van der Waals surface area contributed by atoms with Crippen LogP contribution >= 0.6 is 23.2 Å². The lowest BCUT2D eigenvalue weighted by Gasteiger charge is -2.15. The number of halogens is 6. The number of hydrogen-bond donors (Lipinski definition) is 1. The maximum Gasteiger partial charge on any atom is 0.433 e. The molecule has 1 atom stereocenters. The Bertz CT molecular complexity index is 676. The molecule has 2 aromatic rings. The van der Waals surface area contributed by atoms with Crippen LogP contribution in [0.15, 0.2) is 30.3 Å². The van der Waals surface area contributed by atoms with E-state index in [1.54, 1.807) is 0 Å². The SMILES string of the molecule is OC(c1ccc(F)cc1Cl)c1ccc(C(F)(F)F)nc1Cl. The second-order valence-corrected chi connectivity index (χ2v) is 4.91. The van der Waals surface area contributed by atoms with Crippen LogP contribution in [0.2, 0.25) is 10.2 Å². The summed E-state index contributed by atoms with van der Waals surface area (Å²) in [6, 6.07) is 4.96. The molecule has 0 aliphatic carbocycles. The molecule has 0 aliphatic rings. The van der Waals surface area contributed by atoms with Crippen molar-refractivity contribution in [3.8, 4) is 0 Å². The van der Waals surface area contributed by atoms with Crippen molar-refractivity contribution in [2.24, 2.45) is 0 Å². The molecule has 21 heavy (non-hydrogen) atoms. The Morgan fingerprint density at radius 3 is 2.19 bits per heavy atom. The van der Waals surface area contributed by atoms with E-state index in [2.05, 4.69) is 4.98 Å². The molecule has 2 nitrogen and oxygen atoms in total. The molecule has 0 amide bonds. The second kappa shape index (κ2) is 5.79. The Kier molecular flexibility index (Phi) is 4.41. The molecular formula is C13H7Cl2F4NO. The third-order valence-corrected chi connectivity index (χ3v) is 3.35. The summed E-state index contributed by atoms with van der Waals surface area (Å²) < 4.78 is 50.4. The molecule has 1 heterocycles. The first-order chi connectivity index (χ1) is 9.70. The normalized spacial score (nSPS) is 13.3. The van der Waals surface area contributed by atoms with Crippen molar-refractivity contribution in [3.63, 3.8) is 0 Å². The standard InChI is InChI=1S/C13H7Cl2F4NO/c14-9-5-6(16)1-2-7(9)11(21)8-3-4-10(13(17,18)19)20-12(8)15/h1-5,11,21H. The molecular weight excluding hydrogens is 333 g/mol. The molecule has 8 heteroatoms. The number of hydrogen-bond acceptors (Lipinski definition) is 2. The highest BCUT2D eigenvalue weighted by atomic mass is 35.5. The number of pyridine rings is 1. The van der Waals surface area contributed by atoms with Gasteiger partial charge < -0.3 is 5.11 Å². The van der Waals surface area contributed by atoms with Crippen LogP contribution in [-0.4, -0.2) is 10.1 Å². The van der Waals surface area contributed by atoms with Crippen molar-refractivity contribution >= 4 is 23.2 Å². The molecule has 2 rings (SSSR count). The largest absolute Gasteiger partial charge is 0.433 e. The number of rotatable bonds is 2. The number of aliphatic hydroxyl groups is 1. The maximum atomic E-state index is 12.9. The molecule has 1 unspecified atom stereocenters. The Balaban J connectivity index is 2.42. The smallest absolute Gasteiger partial charge is 0.383 e. The predicted molar refractivity (Wildman–Crippen MR) is 69.7 cm³/mol. The molecule has 0 radical (unpaired) electrons. The summed E-state index contributed by atoms with van der Waals surface area (Å²) in [7, 11) is 0. The van der Waals surface area contributed by atoms with Crippen LogP contribution in [0.4, 0.5) is 17.6 Å². The van der Waals surface area contributed by atoms with Gasteiger partial charge in [0.15, 0.2) is 0 Å². The number of benzene rings is 1. The lowest BCUT2D eigenvalue weighted by Crippen LogP contribution is -2.10. The van der Waals surface area contributed by atoms with Crippen LogP contribution in [-0.2, 0) is 6.18 Å². The van der Waals surface area contributed by atoms with E-state index < -0.39 is 28.9 Å². The van der Waals surface area contributed by atoms with Gasteiger partial charge in [0, 0.05) is 16.1 Å². The number of alkyl halides is 3. The summed E-state index contributed by atoms with van der Waals surface area (Å²) in [5, 5.41) is 9.55. The summed E-state index contributed by atoms with van der Waals surface area (Å²) in [4.78, 5) is 3.20. The second-order valence-electron chi connectivity index (χ2n) is 4.14. The molecule has 0 bridgehead atoms. The van der Waals surface area contributed by atoms with Gasteiger partial charge in [-0.05, 0) is 18.2 Å². The summed E-state index contributed by atoms with van der Waals surface area (Å²) in [5.41, 5.74) is -1.12. The first-order valence-corrected chi connectivity index (χ1v) is 6.32. The molecule has 1 aromatic carbocycles. The van der Waals surface area contributed by atoms with Crippen LogP contribution in [0, 0.1) is 5.82 Å². The minimum absolute atomic E-state index is 0.0572. The molecule has 1 N–H and O–H groups in total. The Labute approximate surface area is 127 Å². The third-order valence-electron chi connectivity index (χ3n) is 2.72. The highest BCUT2D eigenvalue weighted by molar-refractivity contribution is 6.31. The highest BCUT2D eigenvalue weighted by Crippen LogP contribution is 2.34. The third kappa shape index (κ3) is 3.45. The fraction of sp³-hybridized carbons (Fsp3) is 0.154. The monoisotopic (exact) mass is 339 g/mol. The fourth-order valence-electron chi connectivity index (χ4n) is 1.70. The summed E-state index contributed by atoms with van der Waals surface area (Å²) in [6.07, 6.45) is -6.05. The molecule has 0 spiro atoms. The van der Waals surface area contributed by atoms with Crippen molar-refractivity contribution < 1.29 is 22.7 Å². The average molecular weight is 340 g/mol. The summed E-state index contributed by atoms with van der Waals surface area (Å²) in [5.74, 6) is -0.604. The lowest BCUT2D eigenvalue weighted by molar-refractivity contribution is -0.141. The zero-order valence-electron chi connectivity index (χ0n) is 10.1. The van der Waals surface area contributed by atoms with Crippen molar-refractivity contribution in [2.45, 2.75) is 12.3 Å². The van der Waals surface area contributed by atoms with Gasteiger partial charge in [-0.1, -0.05) is 35.3 Å². The van der Waals surface area contributed by atoms with Gasteiger partial charge in [0.05, 0.1) is 0 Å². The van der Waals surface area contributed by atoms with Gasteiger partial charge in [-0.2, -0.15) is 13.2 Å². The van der Waals surface area contributed by atoms with Gasteiger partial charge in [-0.3, -0.25) is 0 Å². The van der Waals surface area contributed by atoms with Crippen LogP contribution < -0.4 is 0 Å². The van der Waals surface area contributed by atoms with E-state index in [0.29, 0.717) is 6.07 Å². The average Bonchev–Trinajstić information content (AvgIpc) is 2.36. The van der Waals surface area contributed by atoms with E-state index in [9.17, 15) is 22.7 Å². The van der Waals surface area contributed by atoms with Crippen molar-refractivity contribution in [2.75, 3.05) is 0 Å². The fourth-order valence-corrected chi connectivity index (χ4v) is 2.23. The van der Waals surface area contributed by atoms with E-state index in [0.717, 1.165) is 18.2 Å². The van der Waals surface area contributed by atoms with Crippen molar-refractivity contribution in [3.05, 3.63) is 63.1 Å². The zero-order chi connectivity index (χ0) is 15.8. The van der Waals surface area contributed by atoms with Gasteiger partial charge >= 0.3 is 6.18 Å². The van der Waals surface area contributed by atoms with E-state index in [1.165, 1.54) is 6.07 Å². The first kappa shape index (κ1) is 16.0. The number of nitrogens with zero attached hydrogens (tertiary/aromatic N) is 1. The van der Waals surface area contributed by atoms with Gasteiger partial charge in [0.25, 0.3) is 0 Å². The van der Waals surface area contributed by atoms with Crippen LogP contribution in [0.1, 0.15) is 22.9 Å². The zero-order valence-corrected chi connectivity index (χ0v) is 11.6. The van der Waals surface area contributed by atoms with Crippen LogP contribution in [0.25, 0.3) is 0 Å². The summed E-state index contributed by atoms with van der Waals surface area (Å²) >= 11 is 11.5. The van der Waals surface area contributed by atoms with Crippen molar-refractivity contribution in [1.82, 2.24) is 4.98 Å². The Hall–Kier alpha value is -1.37. The minimum atomic E-state index is -4.64. The van der Waals surface area contributed by atoms with E-state index in [4.69, 9.17) is 23.2 Å². The molecule has 1 aromatic heterocycles. The number of aromatic nitrogens is 1. The molecule has 0 aliphatic heterocycles. The molecule has 0 saturated carbocycles. The quantitative estimate of drug-likeness (QED) is 0.639. The minimum Gasteiger partial charge on any atom is -0.383 e. The van der Waals surface area contributed by atoms with Crippen LogP contribution in [0.5, 0.6) is 0 Å².